The van der Waals surface area contributed by atoms with Crippen LogP contribution in [0.2, 0.25) is 0 Å². The molecule has 0 saturated heterocycles. The van der Waals surface area contributed by atoms with Crippen molar-refractivity contribution in [1.82, 2.24) is 0 Å². The first-order valence-electron chi connectivity index (χ1n) is 6.60. The van der Waals surface area contributed by atoms with Crippen LogP contribution >= 0.6 is 0 Å². The van der Waals surface area contributed by atoms with Crippen LogP contribution < -0.4 is 5.32 Å². The summed E-state index contributed by atoms with van der Waals surface area (Å²) in [6.07, 6.45) is 3.18. The Hall–Kier alpha value is -2.16. The van der Waals surface area contributed by atoms with Crippen LogP contribution in [0.4, 0.5) is 5.69 Å². The third kappa shape index (κ3) is 2.50. The first-order chi connectivity index (χ1) is 9.22. The molecule has 0 radical (unpaired) electrons. The van der Waals surface area contributed by atoms with E-state index in [0.717, 1.165) is 24.9 Å². The van der Waals surface area contributed by atoms with E-state index in [2.05, 4.69) is 5.32 Å². The third-order valence-electron chi connectivity index (χ3n) is 3.63. The second-order valence-electron chi connectivity index (χ2n) is 5.02. The third-order valence-corrected chi connectivity index (χ3v) is 3.63. The molecule has 0 spiro atoms. The van der Waals surface area contributed by atoms with Crippen LogP contribution in [0.5, 0.6) is 11.5 Å². The molecule has 1 aliphatic rings. The summed E-state index contributed by atoms with van der Waals surface area (Å²) in [5.74, 6) is 0.600. The Labute approximate surface area is 112 Å². The first kappa shape index (κ1) is 11.9. The summed E-state index contributed by atoms with van der Waals surface area (Å²) in [6, 6.07) is 13.0. The molecule has 0 saturated carbocycles. The summed E-state index contributed by atoms with van der Waals surface area (Å²) in [5.41, 5.74) is 3.38. The molecule has 19 heavy (non-hydrogen) atoms. The highest BCUT2D eigenvalue weighted by Crippen LogP contribution is 2.34. The molecule has 0 amide bonds. The number of phenolic OH excluding ortho intramolecular Hbond substituents is 2. The van der Waals surface area contributed by atoms with Gasteiger partial charge in [-0.1, -0.05) is 12.1 Å². The molecule has 3 nitrogen and oxygen atoms in total. The Morgan fingerprint density at radius 3 is 2.68 bits per heavy atom. The Morgan fingerprint density at radius 2 is 1.84 bits per heavy atom. The first-order valence-corrected chi connectivity index (χ1v) is 6.60. The molecule has 3 rings (SSSR count). The maximum Gasteiger partial charge on any atom is 0.117 e. The van der Waals surface area contributed by atoms with Crippen LogP contribution in [0.1, 0.15) is 30.0 Å². The quantitative estimate of drug-likeness (QED) is 0.768. The number of anilines is 1. The molecule has 0 heterocycles. The fraction of sp³-hybridized carbons (Fsp3) is 0.250. The Morgan fingerprint density at radius 1 is 1.00 bits per heavy atom. The maximum absolute atomic E-state index is 9.55. The number of hydrogen-bond donors (Lipinski definition) is 3. The lowest BCUT2D eigenvalue weighted by atomic mass is 9.87. The zero-order valence-corrected chi connectivity index (χ0v) is 10.6. The van der Waals surface area contributed by atoms with Gasteiger partial charge in [0.1, 0.15) is 11.5 Å². The number of benzene rings is 2. The van der Waals surface area contributed by atoms with Crippen molar-refractivity contribution in [2.24, 2.45) is 0 Å². The van der Waals surface area contributed by atoms with Gasteiger partial charge in [-0.05, 0) is 54.7 Å². The molecule has 0 aromatic heterocycles. The van der Waals surface area contributed by atoms with Crippen LogP contribution in [0.15, 0.2) is 42.5 Å². The Balaban J connectivity index is 1.87. The zero-order valence-electron chi connectivity index (χ0n) is 10.6. The highest BCUT2D eigenvalue weighted by atomic mass is 16.3. The minimum Gasteiger partial charge on any atom is -0.508 e. The molecule has 3 N–H and O–H groups in total. The van der Waals surface area contributed by atoms with E-state index in [0.29, 0.717) is 5.75 Å². The second kappa shape index (κ2) is 4.84. The predicted molar refractivity (Wildman–Crippen MR) is 75.5 cm³/mol. The maximum atomic E-state index is 9.55. The summed E-state index contributed by atoms with van der Waals surface area (Å²) in [7, 11) is 0. The van der Waals surface area contributed by atoms with Crippen molar-refractivity contribution in [2.45, 2.75) is 25.3 Å². The number of aromatic hydroxyl groups is 2. The van der Waals surface area contributed by atoms with Crippen LogP contribution in [0.3, 0.4) is 0 Å². The average Bonchev–Trinajstić information content (AvgIpc) is 2.38. The van der Waals surface area contributed by atoms with Gasteiger partial charge in [0, 0.05) is 11.8 Å². The van der Waals surface area contributed by atoms with E-state index in [1.54, 1.807) is 18.2 Å². The number of nitrogens with one attached hydrogen (secondary N) is 1. The minimum atomic E-state index is 0.242. The molecule has 98 valence electrons. The van der Waals surface area contributed by atoms with Crippen LogP contribution in [0, 0.1) is 0 Å². The monoisotopic (exact) mass is 255 g/mol. The molecule has 3 heteroatoms. The van der Waals surface area contributed by atoms with Gasteiger partial charge in [0.15, 0.2) is 0 Å². The second-order valence-corrected chi connectivity index (χ2v) is 5.02. The van der Waals surface area contributed by atoms with Gasteiger partial charge in [0.2, 0.25) is 0 Å². The van der Waals surface area contributed by atoms with E-state index >= 15 is 0 Å². The number of aryl methyl sites for hydroxylation is 1. The van der Waals surface area contributed by atoms with E-state index in [1.165, 1.54) is 11.1 Å². The fourth-order valence-electron chi connectivity index (χ4n) is 2.75. The van der Waals surface area contributed by atoms with Gasteiger partial charge in [-0.15, -0.1) is 0 Å². The van der Waals surface area contributed by atoms with Crippen LogP contribution in [-0.4, -0.2) is 10.2 Å². The highest BCUT2D eigenvalue weighted by molar-refractivity contribution is 5.51. The standard InChI is InChI=1S/C16H17NO2/c18-13-5-2-4-12(10-13)17-16-6-1-3-11-9-14(19)7-8-15(11)16/h2,4-5,7-10,16-19H,1,3,6H2. The topological polar surface area (TPSA) is 52.5 Å². The summed E-state index contributed by atoms with van der Waals surface area (Å²) in [5, 5.41) is 22.5. The Kier molecular flexibility index (Phi) is 3.03. The Bertz CT molecular complexity index is 595. The van der Waals surface area contributed by atoms with Gasteiger partial charge in [-0.25, -0.2) is 0 Å². The number of hydrogen-bond acceptors (Lipinski definition) is 3. The molecule has 1 aliphatic carbocycles. The van der Waals surface area contributed by atoms with E-state index in [4.69, 9.17) is 0 Å². The lowest BCUT2D eigenvalue weighted by Crippen LogP contribution is -2.17. The van der Waals surface area contributed by atoms with Gasteiger partial charge in [-0.3, -0.25) is 0 Å². The SMILES string of the molecule is Oc1cccc(NC2CCCc3cc(O)ccc32)c1. The zero-order chi connectivity index (χ0) is 13.2. The van der Waals surface area contributed by atoms with E-state index in [9.17, 15) is 10.2 Å². The molecule has 2 aromatic carbocycles. The largest absolute Gasteiger partial charge is 0.508 e. The lowest BCUT2D eigenvalue weighted by Gasteiger charge is -2.27. The average molecular weight is 255 g/mol. The van der Waals surface area contributed by atoms with Gasteiger partial charge in [-0.2, -0.15) is 0 Å². The van der Waals surface area contributed by atoms with Crippen molar-refractivity contribution in [2.75, 3.05) is 5.32 Å². The molecule has 2 aromatic rings. The van der Waals surface area contributed by atoms with Crippen LogP contribution in [0.25, 0.3) is 0 Å². The van der Waals surface area contributed by atoms with E-state index in [-0.39, 0.29) is 11.8 Å². The van der Waals surface area contributed by atoms with Gasteiger partial charge < -0.3 is 15.5 Å². The molecule has 1 unspecified atom stereocenters. The summed E-state index contributed by atoms with van der Waals surface area (Å²) < 4.78 is 0. The van der Waals surface area contributed by atoms with Crippen molar-refractivity contribution in [3.05, 3.63) is 53.6 Å². The molecule has 1 atom stereocenters. The summed E-state index contributed by atoms with van der Waals surface area (Å²) in [4.78, 5) is 0. The molecule has 0 fully saturated rings. The van der Waals surface area contributed by atoms with Crippen molar-refractivity contribution >= 4 is 5.69 Å². The van der Waals surface area contributed by atoms with Crippen LogP contribution in [-0.2, 0) is 6.42 Å². The van der Waals surface area contributed by atoms with Gasteiger partial charge >= 0.3 is 0 Å². The fourth-order valence-corrected chi connectivity index (χ4v) is 2.75. The number of fused-ring (bicyclic) bond motifs is 1. The van der Waals surface area contributed by atoms with Gasteiger partial charge in [0.05, 0.1) is 6.04 Å². The number of phenols is 2. The molecule has 0 aliphatic heterocycles. The molecule has 0 bridgehead atoms. The highest BCUT2D eigenvalue weighted by Gasteiger charge is 2.20. The van der Waals surface area contributed by atoms with Crippen molar-refractivity contribution < 1.29 is 10.2 Å². The molecular formula is C16H17NO2. The summed E-state index contributed by atoms with van der Waals surface area (Å²) >= 11 is 0. The minimum absolute atomic E-state index is 0.242. The number of rotatable bonds is 2. The van der Waals surface area contributed by atoms with E-state index in [1.807, 2.05) is 24.3 Å². The normalized spacial score (nSPS) is 17.8. The van der Waals surface area contributed by atoms with Crippen molar-refractivity contribution in [3.63, 3.8) is 0 Å². The predicted octanol–water partition coefficient (Wildman–Crippen LogP) is 3.59. The van der Waals surface area contributed by atoms with Gasteiger partial charge in [0.25, 0.3) is 0 Å². The van der Waals surface area contributed by atoms with Crippen molar-refractivity contribution in [1.29, 1.82) is 0 Å². The molecular weight excluding hydrogens is 238 g/mol. The summed E-state index contributed by atoms with van der Waals surface area (Å²) in [6.45, 7) is 0. The lowest BCUT2D eigenvalue weighted by molar-refractivity contribution is 0.472. The van der Waals surface area contributed by atoms with Crippen molar-refractivity contribution in [3.8, 4) is 11.5 Å². The van der Waals surface area contributed by atoms with E-state index < -0.39 is 0 Å². The smallest absolute Gasteiger partial charge is 0.117 e.